The van der Waals surface area contributed by atoms with Crippen LogP contribution < -0.4 is 26.2 Å². The predicted octanol–water partition coefficient (Wildman–Crippen LogP) is 6.48. The van der Waals surface area contributed by atoms with Crippen LogP contribution in [0.1, 0.15) is 48.5 Å². The summed E-state index contributed by atoms with van der Waals surface area (Å²) in [6, 6.07) is 27.3. The number of hydrogen-bond donors (Lipinski definition) is 6. The number of phenols is 1. The number of piperidine rings is 1. The molecule has 1 atom stereocenters. The van der Waals surface area contributed by atoms with E-state index in [1.54, 1.807) is 25.3 Å². The number of anilines is 2. The van der Waals surface area contributed by atoms with E-state index in [0.29, 0.717) is 53.9 Å². The molecule has 4 aromatic carbocycles. The molecule has 5 aromatic rings. The lowest BCUT2D eigenvalue weighted by Crippen LogP contribution is -2.48. The summed E-state index contributed by atoms with van der Waals surface area (Å²) in [7, 11) is 5.95. The molecule has 6 rings (SSSR count). The van der Waals surface area contributed by atoms with Crippen molar-refractivity contribution in [3.8, 4) is 22.6 Å². The summed E-state index contributed by atoms with van der Waals surface area (Å²) in [6.45, 7) is 2.52. The predicted molar refractivity (Wildman–Crippen MR) is 214 cm³/mol. The number of carbonyl (C=O) groups is 2. The number of amides is 2. The third kappa shape index (κ3) is 10.3. The molecule has 2 amide bonds. The van der Waals surface area contributed by atoms with Crippen molar-refractivity contribution in [1.82, 2.24) is 10.3 Å². The first-order valence-electron chi connectivity index (χ1n) is 18.7. The number of rotatable bonds is 14. The third-order valence-electron chi connectivity index (χ3n) is 10.2. The number of nitrogens with one attached hydrogen (secondary N) is 4. The molecule has 1 aromatic heterocycles. The van der Waals surface area contributed by atoms with E-state index < -0.39 is 12.2 Å². The number of carbonyl (C=O) groups excluding carboxylic acids is 2. The van der Waals surface area contributed by atoms with E-state index in [-0.39, 0.29) is 35.4 Å². The second-order valence-electron chi connectivity index (χ2n) is 14.7. The average Bonchev–Trinajstić information content (AvgIpc) is 3.17. The van der Waals surface area contributed by atoms with Gasteiger partial charge in [-0.1, -0.05) is 54.6 Å². The summed E-state index contributed by atoms with van der Waals surface area (Å²) in [6.07, 6.45) is 1.74. The average molecular weight is 749 g/mol. The Kier molecular flexibility index (Phi) is 12.5. The number of aliphatic hydroxyl groups is 1. The number of aromatic nitrogens is 1. The van der Waals surface area contributed by atoms with Crippen molar-refractivity contribution in [1.29, 1.82) is 0 Å². The number of pyridine rings is 1. The van der Waals surface area contributed by atoms with E-state index in [2.05, 4.69) is 35.0 Å². The van der Waals surface area contributed by atoms with Crippen LogP contribution in [0.2, 0.25) is 0 Å². The van der Waals surface area contributed by atoms with Crippen LogP contribution in [-0.2, 0) is 22.5 Å². The number of H-pyrrole nitrogens is 1. The van der Waals surface area contributed by atoms with Gasteiger partial charge in [0, 0.05) is 66.7 Å². The Morgan fingerprint density at radius 1 is 0.945 bits per heavy atom. The molecule has 0 radical (unpaired) electrons. The fourth-order valence-corrected chi connectivity index (χ4v) is 7.02. The van der Waals surface area contributed by atoms with E-state index in [9.17, 15) is 24.6 Å². The summed E-state index contributed by atoms with van der Waals surface area (Å²) >= 11 is 0. The Morgan fingerprint density at radius 2 is 1.73 bits per heavy atom. The molecule has 12 nitrogen and oxygen atoms in total. The Morgan fingerprint density at radius 3 is 2.49 bits per heavy atom. The van der Waals surface area contributed by atoms with Gasteiger partial charge < -0.3 is 39.8 Å². The SMILES string of the molecule is COc1cc(NC(=O)CCCc2ccc(-c3ccccc3)c(NC(=O)OC3CC[N+](C)(C)CC3)c2)ccc1CNC[C@@H](O)c1ccc(O)c2[nH]c(=O)ccc12. The Balaban J connectivity index is 1.01. The first kappa shape index (κ1) is 39.0. The van der Waals surface area contributed by atoms with Crippen LogP contribution in [0, 0.1) is 0 Å². The number of methoxy groups -OCH3 is 1. The maximum atomic E-state index is 13.0. The zero-order valence-electron chi connectivity index (χ0n) is 31.6. The van der Waals surface area contributed by atoms with Gasteiger partial charge in [-0.2, -0.15) is 0 Å². The molecule has 6 N–H and O–H groups in total. The van der Waals surface area contributed by atoms with Crippen LogP contribution in [0.25, 0.3) is 22.0 Å². The fraction of sp³-hybridized carbons (Fsp3) is 0.326. The van der Waals surface area contributed by atoms with Gasteiger partial charge in [0.05, 0.1) is 51.6 Å². The topological polar surface area (TPSA) is 162 Å². The number of aromatic amines is 1. The minimum atomic E-state index is -0.904. The molecule has 2 heterocycles. The summed E-state index contributed by atoms with van der Waals surface area (Å²) < 4.78 is 12.4. The van der Waals surface area contributed by atoms with E-state index in [0.717, 1.165) is 52.7 Å². The molecule has 0 unspecified atom stereocenters. The van der Waals surface area contributed by atoms with Gasteiger partial charge in [-0.15, -0.1) is 0 Å². The number of likely N-dealkylation sites (tertiary alicyclic amines) is 1. The van der Waals surface area contributed by atoms with Crippen LogP contribution in [0.4, 0.5) is 16.2 Å². The minimum Gasteiger partial charge on any atom is -0.506 e. The van der Waals surface area contributed by atoms with Crippen molar-refractivity contribution in [2.45, 2.75) is 50.9 Å². The van der Waals surface area contributed by atoms with Gasteiger partial charge in [-0.25, -0.2) is 4.79 Å². The second-order valence-corrected chi connectivity index (χ2v) is 14.7. The van der Waals surface area contributed by atoms with Crippen LogP contribution in [-0.4, -0.2) is 78.6 Å². The van der Waals surface area contributed by atoms with Gasteiger partial charge in [0.25, 0.3) is 0 Å². The number of nitrogens with zero attached hydrogens (tertiary/aromatic N) is 1. The number of benzene rings is 4. The first-order valence-corrected chi connectivity index (χ1v) is 18.7. The number of ether oxygens (including phenoxy) is 2. The zero-order chi connectivity index (χ0) is 39.0. The van der Waals surface area contributed by atoms with Crippen LogP contribution in [0.5, 0.6) is 11.5 Å². The number of aliphatic hydroxyl groups excluding tert-OH is 1. The van der Waals surface area contributed by atoms with Gasteiger partial charge in [0.1, 0.15) is 17.6 Å². The first-order chi connectivity index (χ1) is 26.5. The highest BCUT2D eigenvalue weighted by Crippen LogP contribution is 2.31. The normalized spacial score (nSPS) is 14.6. The number of quaternary nitrogens is 1. The molecular formula is C43H50N5O7+. The molecule has 1 aliphatic rings. The number of aromatic hydroxyl groups is 1. The molecule has 0 bridgehead atoms. The lowest BCUT2D eigenvalue weighted by atomic mass is 9.99. The molecule has 288 valence electrons. The van der Waals surface area contributed by atoms with Crippen LogP contribution >= 0.6 is 0 Å². The molecule has 0 saturated carbocycles. The van der Waals surface area contributed by atoms with E-state index in [1.807, 2.05) is 60.7 Å². The molecule has 0 spiro atoms. The van der Waals surface area contributed by atoms with Gasteiger partial charge in [0.2, 0.25) is 11.5 Å². The van der Waals surface area contributed by atoms with Crippen molar-refractivity contribution in [2.75, 3.05) is 51.5 Å². The van der Waals surface area contributed by atoms with Crippen molar-refractivity contribution < 1.29 is 33.8 Å². The van der Waals surface area contributed by atoms with Crippen molar-refractivity contribution in [3.05, 3.63) is 118 Å². The summed E-state index contributed by atoms with van der Waals surface area (Å²) in [4.78, 5) is 40.4. The summed E-state index contributed by atoms with van der Waals surface area (Å²) in [5.41, 5.74) is 5.50. The number of hydrogen-bond acceptors (Lipinski definition) is 8. The van der Waals surface area contributed by atoms with E-state index >= 15 is 0 Å². The highest BCUT2D eigenvalue weighted by Gasteiger charge is 2.28. The highest BCUT2D eigenvalue weighted by atomic mass is 16.6. The summed E-state index contributed by atoms with van der Waals surface area (Å²) in [5.74, 6) is 0.384. The Labute approximate surface area is 320 Å². The second kappa shape index (κ2) is 17.6. The highest BCUT2D eigenvalue weighted by molar-refractivity contribution is 5.92. The van der Waals surface area contributed by atoms with Crippen LogP contribution in [0.15, 0.2) is 95.8 Å². The molecular weight excluding hydrogens is 699 g/mol. The lowest BCUT2D eigenvalue weighted by molar-refractivity contribution is -0.896. The minimum absolute atomic E-state index is 0.0670. The zero-order valence-corrected chi connectivity index (χ0v) is 31.6. The van der Waals surface area contributed by atoms with E-state index in [4.69, 9.17) is 9.47 Å². The Hall–Kier alpha value is -5.69. The fourth-order valence-electron chi connectivity index (χ4n) is 7.02. The van der Waals surface area contributed by atoms with Crippen molar-refractivity contribution in [2.24, 2.45) is 0 Å². The number of aryl methyl sites for hydroxylation is 1. The van der Waals surface area contributed by atoms with Crippen molar-refractivity contribution >= 4 is 34.3 Å². The summed E-state index contributed by atoms with van der Waals surface area (Å²) in [5, 5.41) is 30.8. The molecule has 1 aliphatic heterocycles. The van der Waals surface area contributed by atoms with Gasteiger partial charge in [0.15, 0.2) is 0 Å². The van der Waals surface area contributed by atoms with Gasteiger partial charge in [-0.3, -0.25) is 14.9 Å². The van der Waals surface area contributed by atoms with Gasteiger partial charge in [-0.05, 0) is 53.8 Å². The molecule has 1 saturated heterocycles. The lowest BCUT2D eigenvalue weighted by Gasteiger charge is -2.36. The molecule has 55 heavy (non-hydrogen) atoms. The van der Waals surface area contributed by atoms with Crippen LogP contribution in [0.3, 0.4) is 0 Å². The molecule has 0 aliphatic carbocycles. The quantitative estimate of drug-likeness (QED) is 0.0704. The monoisotopic (exact) mass is 748 g/mol. The van der Waals surface area contributed by atoms with E-state index in [1.165, 1.54) is 12.1 Å². The third-order valence-corrected chi connectivity index (χ3v) is 10.2. The maximum absolute atomic E-state index is 13.0. The smallest absolute Gasteiger partial charge is 0.411 e. The Bertz CT molecular complexity index is 2180. The number of fused-ring (bicyclic) bond motifs is 1. The standard InChI is InChI=1S/C43H49N5O7/c1-48(2)22-20-32(21-23-48)55-43(53)46-36-24-28(12-15-33(36)29-9-5-4-6-10-29)8-7-11-40(51)45-31-14-13-30(39(25-31)54-3)26-44-27-38(50)34-16-18-37(49)42-35(34)17-19-41(52)47-42/h4-6,9-10,12-19,24-25,32,38,44,50H,7-8,11,20-23,26-27H2,1-3H3,(H3-,45,46,47,49,51,52,53)/p+1/t38-/m1/s1. The number of phenolic OH excluding ortho intramolecular Hbond substituents is 1. The van der Waals surface area contributed by atoms with Crippen molar-refractivity contribution in [3.63, 3.8) is 0 Å². The molecule has 1 fully saturated rings. The largest absolute Gasteiger partial charge is 0.506 e. The molecule has 12 heteroatoms. The maximum Gasteiger partial charge on any atom is 0.411 e. The van der Waals surface area contributed by atoms with Gasteiger partial charge >= 0.3 is 6.09 Å².